The summed E-state index contributed by atoms with van der Waals surface area (Å²) >= 11 is 6.78. The van der Waals surface area contributed by atoms with Gasteiger partial charge in [0.15, 0.2) is 0 Å². The van der Waals surface area contributed by atoms with Crippen molar-refractivity contribution >= 4 is 38.6 Å². The third kappa shape index (κ3) is 3.10. The number of halogens is 1. The third-order valence-corrected chi connectivity index (χ3v) is 5.87. The number of benzene rings is 1. The van der Waals surface area contributed by atoms with Crippen LogP contribution in [-0.4, -0.2) is 18.6 Å². The number of aromatic amines is 1. The van der Waals surface area contributed by atoms with Crippen molar-refractivity contribution in [3.8, 4) is 11.3 Å². The highest BCUT2D eigenvalue weighted by Crippen LogP contribution is 2.27. The highest BCUT2D eigenvalue weighted by Gasteiger charge is 2.16. The van der Waals surface area contributed by atoms with Gasteiger partial charge in [0.25, 0.3) is 10.0 Å². The van der Waals surface area contributed by atoms with Crippen molar-refractivity contribution in [1.82, 2.24) is 10.2 Å². The largest absolute Gasteiger partial charge is 0.279 e. The summed E-state index contributed by atoms with van der Waals surface area (Å²) in [7, 11) is -3.60. The van der Waals surface area contributed by atoms with E-state index in [9.17, 15) is 8.42 Å². The van der Waals surface area contributed by atoms with Gasteiger partial charge in [0.05, 0.1) is 10.0 Å². The molecule has 21 heavy (non-hydrogen) atoms. The van der Waals surface area contributed by atoms with Crippen LogP contribution in [0, 0.1) is 0 Å². The van der Waals surface area contributed by atoms with Crippen LogP contribution in [0.15, 0.2) is 52.9 Å². The van der Waals surface area contributed by atoms with Gasteiger partial charge >= 0.3 is 0 Å². The van der Waals surface area contributed by atoms with Gasteiger partial charge in [0.2, 0.25) is 0 Å². The molecule has 8 heteroatoms. The van der Waals surface area contributed by atoms with E-state index in [0.717, 1.165) is 22.6 Å². The Labute approximate surface area is 130 Å². The molecule has 5 nitrogen and oxygen atoms in total. The number of nitrogens with one attached hydrogen (secondary N) is 2. The van der Waals surface area contributed by atoms with E-state index in [2.05, 4.69) is 14.9 Å². The molecule has 2 heterocycles. The maximum Gasteiger partial charge on any atom is 0.271 e. The molecule has 2 aromatic heterocycles. The fourth-order valence-corrected chi connectivity index (χ4v) is 4.32. The van der Waals surface area contributed by atoms with Crippen LogP contribution >= 0.6 is 22.9 Å². The van der Waals surface area contributed by atoms with Crippen LogP contribution in [0.5, 0.6) is 0 Å². The number of anilines is 1. The lowest BCUT2D eigenvalue weighted by atomic mass is 10.1. The van der Waals surface area contributed by atoms with E-state index in [1.54, 1.807) is 24.4 Å². The van der Waals surface area contributed by atoms with Crippen LogP contribution in [-0.2, 0) is 10.0 Å². The Bertz CT molecular complexity index is 840. The van der Waals surface area contributed by atoms with Crippen LogP contribution < -0.4 is 4.72 Å². The summed E-state index contributed by atoms with van der Waals surface area (Å²) in [5, 5.41) is 6.72. The Kier molecular flexibility index (Phi) is 3.71. The van der Waals surface area contributed by atoms with Gasteiger partial charge in [-0.15, -0.1) is 11.3 Å². The van der Waals surface area contributed by atoms with Crippen LogP contribution in [0.3, 0.4) is 0 Å². The number of thiophene rings is 1. The van der Waals surface area contributed by atoms with Crippen LogP contribution in [0.25, 0.3) is 11.3 Å². The van der Waals surface area contributed by atoms with Gasteiger partial charge in [-0.05, 0) is 35.9 Å². The first-order valence-electron chi connectivity index (χ1n) is 5.92. The SMILES string of the molecule is O=S(=O)(Nc1ccc(-c2ccn[nH]2)cc1)c1ccc(Cl)s1. The molecule has 0 atom stereocenters. The van der Waals surface area contributed by atoms with Crippen molar-refractivity contribution in [3.63, 3.8) is 0 Å². The summed E-state index contributed by atoms with van der Waals surface area (Å²) in [5.41, 5.74) is 2.28. The van der Waals surface area contributed by atoms with Crippen LogP contribution in [0.2, 0.25) is 4.34 Å². The molecule has 0 aliphatic carbocycles. The molecule has 3 aromatic rings. The summed E-state index contributed by atoms with van der Waals surface area (Å²) < 4.78 is 27.4. The Morgan fingerprint density at radius 2 is 1.86 bits per heavy atom. The summed E-state index contributed by atoms with van der Waals surface area (Å²) in [6.45, 7) is 0. The number of H-pyrrole nitrogens is 1. The number of hydrogen-bond acceptors (Lipinski definition) is 4. The highest BCUT2D eigenvalue weighted by atomic mass is 35.5. The van der Waals surface area contributed by atoms with Crippen molar-refractivity contribution in [2.24, 2.45) is 0 Å². The van der Waals surface area contributed by atoms with Gasteiger partial charge in [0, 0.05) is 11.9 Å². The molecule has 0 aliphatic rings. The first-order chi connectivity index (χ1) is 10.0. The van der Waals surface area contributed by atoms with E-state index in [1.807, 2.05) is 18.2 Å². The Morgan fingerprint density at radius 1 is 1.10 bits per heavy atom. The van der Waals surface area contributed by atoms with E-state index in [1.165, 1.54) is 6.07 Å². The number of hydrogen-bond donors (Lipinski definition) is 2. The molecule has 3 rings (SSSR count). The normalized spacial score (nSPS) is 11.5. The van der Waals surface area contributed by atoms with Crippen molar-refractivity contribution in [2.75, 3.05) is 4.72 Å². The topological polar surface area (TPSA) is 74.8 Å². The number of nitrogens with zero attached hydrogens (tertiary/aromatic N) is 1. The second kappa shape index (κ2) is 5.51. The van der Waals surface area contributed by atoms with Crippen LogP contribution in [0.4, 0.5) is 5.69 Å². The molecule has 0 bridgehead atoms. The fraction of sp³-hybridized carbons (Fsp3) is 0. The zero-order chi connectivity index (χ0) is 14.9. The lowest BCUT2D eigenvalue weighted by molar-refractivity contribution is 0.603. The maximum atomic E-state index is 12.2. The van der Waals surface area contributed by atoms with Crippen molar-refractivity contribution < 1.29 is 8.42 Å². The Balaban J connectivity index is 1.82. The Hall–Kier alpha value is -1.83. The lowest BCUT2D eigenvalue weighted by Gasteiger charge is -2.06. The van der Waals surface area contributed by atoms with E-state index in [0.29, 0.717) is 10.0 Å². The smallest absolute Gasteiger partial charge is 0.271 e. The van der Waals surface area contributed by atoms with Crippen molar-refractivity contribution in [1.29, 1.82) is 0 Å². The molecule has 0 aliphatic heterocycles. The molecular weight excluding hydrogens is 330 g/mol. The van der Waals surface area contributed by atoms with E-state index < -0.39 is 10.0 Å². The van der Waals surface area contributed by atoms with Gasteiger partial charge < -0.3 is 0 Å². The lowest BCUT2D eigenvalue weighted by Crippen LogP contribution is -2.11. The molecular formula is C13H10ClN3O2S2. The summed E-state index contributed by atoms with van der Waals surface area (Å²) in [4.78, 5) is 0. The standard InChI is InChI=1S/C13H10ClN3O2S2/c14-12-5-6-13(20-12)21(18,19)17-10-3-1-9(2-4-10)11-7-8-15-16-11/h1-8,17H,(H,15,16). The first-order valence-corrected chi connectivity index (χ1v) is 8.60. The maximum absolute atomic E-state index is 12.2. The monoisotopic (exact) mass is 339 g/mol. The molecule has 0 unspecified atom stereocenters. The highest BCUT2D eigenvalue weighted by molar-refractivity contribution is 7.94. The van der Waals surface area contributed by atoms with Gasteiger partial charge in [-0.3, -0.25) is 9.82 Å². The number of rotatable bonds is 4. The quantitative estimate of drug-likeness (QED) is 0.762. The second-order valence-corrected chi connectivity index (χ2v) is 7.84. The summed E-state index contributed by atoms with van der Waals surface area (Å²) in [6.07, 6.45) is 1.66. The average Bonchev–Trinajstić information content (AvgIpc) is 3.10. The molecule has 0 spiro atoms. The summed E-state index contributed by atoms with van der Waals surface area (Å²) in [5.74, 6) is 0. The minimum atomic E-state index is -3.60. The van der Waals surface area contributed by atoms with Crippen molar-refractivity contribution in [3.05, 3.63) is 53.0 Å². The number of aromatic nitrogens is 2. The van der Waals surface area contributed by atoms with Crippen LogP contribution in [0.1, 0.15) is 0 Å². The predicted octanol–water partition coefficient (Wildman–Crippen LogP) is 3.59. The average molecular weight is 340 g/mol. The van der Waals surface area contributed by atoms with Gasteiger partial charge in [-0.1, -0.05) is 23.7 Å². The molecule has 0 amide bonds. The molecule has 0 saturated carbocycles. The van der Waals surface area contributed by atoms with E-state index in [-0.39, 0.29) is 4.21 Å². The Morgan fingerprint density at radius 3 is 2.43 bits per heavy atom. The molecule has 108 valence electrons. The van der Waals surface area contributed by atoms with E-state index in [4.69, 9.17) is 11.6 Å². The second-order valence-electron chi connectivity index (χ2n) is 4.21. The number of sulfonamides is 1. The van der Waals surface area contributed by atoms with Gasteiger partial charge in [-0.2, -0.15) is 5.10 Å². The minimum Gasteiger partial charge on any atom is -0.279 e. The zero-order valence-electron chi connectivity index (χ0n) is 10.6. The van der Waals surface area contributed by atoms with E-state index >= 15 is 0 Å². The predicted molar refractivity (Wildman–Crippen MR) is 84.2 cm³/mol. The van der Waals surface area contributed by atoms with Gasteiger partial charge in [-0.25, -0.2) is 8.42 Å². The molecule has 0 saturated heterocycles. The molecule has 0 radical (unpaired) electrons. The summed E-state index contributed by atoms with van der Waals surface area (Å²) in [6, 6.07) is 11.9. The minimum absolute atomic E-state index is 0.185. The zero-order valence-corrected chi connectivity index (χ0v) is 13.0. The van der Waals surface area contributed by atoms with Gasteiger partial charge in [0.1, 0.15) is 4.21 Å². The molecule has 1 aromatic carbocycles. The first kappa shape index (κ1) is 14.1. The third-order valence-electron chi connectivity index (χ3n) is 2.76. The van der Waals surface area contributed by atoms with Crippen molar-refractivity contribution in [2.45, 2.75) is 4.21 Å². The molecule has 0 fully saturated rings. The molecule has 2 N–H and O–H groups in total. The fourth-order valence-electron chi connectivity index (χ4n) is 1.78.